The number of para-hydroxylation sites is 1. The van der Waals surface area contributed by atoms with Crippen LogP contribution >= 0.6 is 0 Å². The first-order chi connectivity index (χ1) is 15.6. The smallest absolute Gasteiger partial charge is 0.252 e. The van der Waals surface area contributed by atoms with Crippen LogP contribution < -0.4 is 15.0 Å². The molecule has 0 bridgehead atoms. The van der Waals surface area contributed by atoms with Crippen molar-refractivity contribution in [2.75, 3.05) is 25.1 Å². The van der Waals surface area contributed by atoms with E-state index in [1.165, 1.54) is 0 Å². The summed E-state index contributed by atoms with van der Waals surface area (Å²) in [5, 5.41) is 3.98. The van der Waals surface area contributed by atoms with Crippen LogP contribution in [0.1, 0.15) is 46.4 Å². The first kappa shape index (κ1) is 20.5. The standard InChI is InChI=1S/C26H27N3O3/c1-32-20-10-6-17(7-11-20)25(30)18-12-14-29(15-13-18)24-16-22(26(31)27-19-8-9-19)21-4-2-3-5-23(21)28-24/h2-7,10-11,16,18-19H,8-9,12-15H2,1H3,(H,27,31). The van der Waals surface area contributed by atoms with Gasteiger partial charge in [0, 0.05) is 36.0 Å². The molecule has 1 aliphatic heterocycles. The third kappa shape index (κ3) is 4.17. The lowest BCUT2D eigenvalue weighted by molar-refractivity contribution is 0.0899. The zero-order valence-electron chi connectivity index (χ0n) is 18.2. The SMILES string of the molecule is COc1ccc(C(=O)C2CCN(c3cc(C(=O)NC4CC4)c4ccccc4n3)CC2)cc1. The summed E-state index contributed by atoms with van der Waals surface area (Å²) in [4.78, 5) is 32.8. The van der Waals surface area contributed by atoms with Gasteiger partial charge in [0.25, 0.3) is 5.91 Å². The molecule has 1 aromatic heterocycles. The second kappa shape index (κ2) is 8.61. The van der Waals surface area contributed by atoms with Crippen molar-refractivity contribution in [1.29, 1.82) is 0 Å². The minimum absolute atomic E-state index is 0.00210. The Morgan fingerprint density at radius 3 is 2.41 bits per heavy atom. The third-order valence-electron chi connectivity index (χ3n) is 6.42. The second-order valence-corrected chi connectivity index (χ2v) is 8.65. The minimum Gasteiger partial charge on any atom is -0.497 e. The van der Waals surface area contributed by atoms with Crippen molar-refractivity contribution in [3.63, 3.8) is 0 Å². The molecule has 0 atom stereocenters. The number of piperidine rings is 1. The Morgan fingerprint density at radius 2 is 1.72 bits per heavy atom. The molecular formula is C26H27N3O3. The summed E-state index contributed by atoms with van der Waals surface area (Å²) >= 11 is 0. The molecule has 0 radical (unpaired) electrons. The summed E-state index contributed by atoms with van der Waals surface area (Å²) in [6, 6.07) is 17.3. The number of pyridine rings is 1. The van der Waals surface area contributed by atoms with E-state index >= 15 is 0 Å². The molecule has 6 nitrogen and oxygen atoms in total. The lowest BCUT2D eigenvalue weighted by atomic mass is 9.89. The van der Waals surface area contributed by atoms with Gasteiger partial charge in [-0.05, 0) is 62.1 Å². The maximum Gasteiger partial charge on any atom is 0.252 e. The highest BCUT2D eigenvalue weighted by Gasteiger charge is 2.28. The molecule has 1 saturated heterocycles. The molecule has 2 fully saturated rings. The predicted molar refractivity (Wildman–Crippen MR) is 124 cm³/mol. The van der Waals surface area contributed by atoms with E-state index < -0.39 is 0 Å². The normalized spacial score (nSPS) is 16.7. The highest BCUT2D eigenvalue weighted by Crippen LogP contribution is 2.29. The number of fused-ring (bicyclic) bond motifs is 1. The van der Waals surface area contributed by atoms with Crippen LogP contribution in [0, 0.1) is 5.92 Å². The van der Waals surface area contributed by atoms with Crippen LogP contribution in [0.4, 0.5) is 5.82 Å². The van der Waals surface area contributed by atoms with E-state index in [-0.39, 0.29) is 17.6 Å². The molecule has 1 saturated carbocycles. The zero-order chi connectivity index (χ0) is 22.1. The summed E-state index contributed by atoms with van der Waals surface area (Å²) < 4.78 is 5.19. The fraction of sp³-hybridized carbons (Fsp3) is 0.346. The Hall–Kier alpha value is -3.41. The molecule has 0 unspecified atom stereocenters. The lowest BCUT2D eigenvalue weighted by Gasteiger charge is -2.32. The van der Waals surface area contributed by atoms with E-state index in [0.717, 1.165) is 66.8 Å². The van der Waals surface area contributed by atoms with Crippen molar-refractivity contribution in [3.8, 4) is 5.75 Å². The van der Waals surface area contributed by atoms with Gasteiger partial charge in [0.15, 0.2) is 5.78 Å². The van der Waals surface area contributed by atoms with Gasteiger partial charge in [0.1, 0.15) is 11.6 Å². The number of anilines is 1. The van der Waals surface area contributed by atoms with Crippen molar-refractivity contribution < 1.29 is 14.3 Å². The molecule has 1 amide bonds. The maximum atomic E-state index is 12.9. The number of methoxy groups -OCH3 is 1. The Morgan fingerprint density at radius 1 is 1.00 bits per heavy atom. The number of hydrogen-bond acceptors (Lipinski definition) is 5. The average molecular weight is 430 g/mol. The molecule has 1 aliphatic carbocycles. The Labute approximate surface area is 187 Å². The molecular weight excluding hydrogens is 402 g/mol. The van der Waals surface area contributed by atoms with Crippen molar-refractivity contribution in [3.05, 3.63) is 65.7 Å². The maximum absolute atomic E-state index is 12.9. The van der Waals surface area contributed by atoms with Gasteiger partial charge in [-0.15, -0.1) is 0 Å². The van der Waals surface area contributed by atoms with Gasteiger partial charge in [-0.1, -0.05) is 18.2 Å². The quantitative estimate of drug-likeness (QED) is 0.594. The van der Waals surface area contributed by atoms with E-state index in [2.05, 4.69) is 10.2 Å². The molecule has 2 aliphatic rings. The van der Waals surface area contributed by atoms with E-state index in [9.17, 15) is 9.59 Å². The van der Waals surface area contributed by atoms with Crippen LogP contribution in [0.15, 0.2) is 54.6 Å². The summed E-state index contributed by atoms with van der Waals surface area (Å²) in [5.41, 5.74) is 2.23. The van der Waals surface area contributed by atoms with Crippen LogP contribution in [0.25, 0.3) is 10.9 Å². The van der Waals surface area contributed by atoms with Gasteiger partial charge in [-0.25, -0.2) is 4.98 Å². The topological polar surface area (TPSA) is 71.5 Å². The van der Waals surface area contributed by atoms with Gasteiger partial charge in [-0.3, -0.25) is 9.59 Å². The summed E-state index contributed by atoms with van der Waals surface area (Å²) in [7, 11) is 1.62. The lowest BCUT2D eigenvalue weighted by Crippen LogP contribution is -2.37. The van der Waals surface area contributed by atoms with Crippen LogP contribution in [-0.4, -0.2) is 42.9 Å². The van der Waals surface area contributed by atoms with E-state index in [4.69, 9.17) is 9.72 Å². The van der Waals surface area contributed by atoms with Crippen LogP contribution in [0.2, 0.25) is 0 Å². The summed E-state index contributed by atoms with van der Waals surface area (Å²) in [6.07, 6.45) is 3.64. The molecule has 5 rings (SSSR count). The Bertz CT molecular complexity index is 1150. The van der Waals surface area contributed by atoms with Gasteiger partial charge >= 0.3 is 0 Å². The minimum atomic E-state index is -0.0306. The van der Waals surface area contributed by atoms with E-state index in [1.807, 2.05) is 54.6 Å². The number of rotatable bonds is 6. The average Bonchev–Trinajstić information content (AvgIpc) is 3.67. The number of carbonyl (C=O) groups is 2. The number of ether oxygens (including phenoxy) is 1. The third-order valence-corrected chi connectivity index (χ3v) is 6.42. The molecule has 164 valence electrons. The van der Waals surface area contributed by atoms with Crippen molar-refractivity contribution in [2.24, 2.45) is 5.92 Å². The first-order valence-electron chi connectivity index (χ1n) is 11.3. The number of Topliss-reactive ketones (excluding diaryl/α,β-unsaturated/α-hetero) is 1. The first-order valence-corrected chi connectivity index (χ1v) is 11.3. The molecule has 6 heteroatoms. The fourth-order valence-corrected chi connectivity index (χ4v) is 4.36. The highest BCUT2D eigenvalue weighted by molar-refractivity contribution is 6.07. The number of hydrogen-bond donors (Lipinski definition) is 1. The molecule has 1 N–H and O–H groups in total. The van der Waals surface area contributed by atoms with Gasteiger partial charge in [0.05, 0.1) is 18.2 Å². The number of ketones is 1. The number of aromatic nitrogens is 1. The number of benzene rings is 2. The predicted octanol–water partition coefficient (Wildman–Crippen LogP) is 4.23. The van der Waals surface area contributed by atoms with Crippen molar-refractivity contribution in [2.45, 2.75) is 31.7 Å². The molecule has 32 heavy (non-hydrogen) atoms. The Kier molecular flexibility index (Phi) is 5.52. The highest BCUT2D eigenvalue weighted by atomic mass is 16.5. The second-order valence-electron chi connectivity index (χ2n) is 8.65. The van der Waals surface area contributed by atoms with Crippen LogP contribution in [0.3, 0.4) is 0 Å². The molecule has 2 aromatic carbocycles. The monoisotopic (exact) mass is 429 g/mol. The summed E-state index contributed by atoms with van der Waals surface area (Å²) in [5.74, 6) is 1.71. The van der Waals surface area contributed by atoms with Crippen molar-refractivity contribution in [1.82, 2.24) is 10.3 Å². The fourth-order valence-electron chi connectivity index (χ4n) is 4.36. The van der Waals surface area contributed by atoms with Gasteiger partial charge in [0.2, 0.25) is 0 Å². The largest absolute Gasteiger partial charge is 0.497 e. The summed E-state index contributed by atoms with van der Waals surface area (Å²) in [6.45, 7) is 1.48. The number of carbonyl (C=O) groups excluding carboxylic acids is 2. The zero-order valence-corrected chi connectivity index (χ0v) is 18.2. The van der Waals surface area contributed by atoms with Crippen LogP contribution in [-0.2, 0) is 0 Å². The van der Waals surface area contributed by atoms with Gasteiger partial charge in [-0.2, -0.15) is 0 Å². The number of nitrogens with one attached hydrogen (secondary N) is 1. The van der Waals surface area contributed by atoms with Gasteiger partial charge < -0.3 is 15.0 Å². The Balaban J connectivity index is 1.33. The van der Waals surface area contributed by atoms with E-state index in [0.29, 0.717) is 11.6 Å². The molecule has 0 spiro atoms. The number of amides is 1. The molecule has 2 heterocycles. The van der Waals surface area contributed by atoms with Crippen LogP contribution in [0.5, 0.6) is 5.75 Å². The van der Waals surface area contributed by atoms with Crippen molar-refractivity contribution >= 4 is 28.4 Å². The molecule has 3 aromatic rings. The number of nitrogens with zero attached hydrogens (tertiary/aromatic N) is 2. The van der Waals surface area contributed by atoms with E-state index in [1.54, 1.807) is 7.11 Å².